The van der Waals surface area contributed by atoms with Gasteiger partial charge in [0.2, 0.25) is 5.91 Å². The molecule has 0 atom stereocenters. The van der Waals surface area contributed by atoms with E-state index in [2.05, 4.69) is 10.3 Å². The molecule has 1 aromatic carbocycles. The number of halogens is 1. The lowest BCUT2D eigenvalue weighted by atomic mass is 10.0. The van der Waals surface area contributed by atoms with Crippen molar-refractivity contribution in [3.8, 4) is 5.75 Å². The van der Waals surface area contributed by atoms with Gasteiger partial charge in [0, 0.05) is 11.3 Å². The summed E-state index contributed by atoms with van der Waals surface area (Å²) < 4.78 is 18.7. The molecule has 122 valence electrons. The second-order valence-electron chi connectivity index (χ2n) is 5.53. The van der Waals surface area contributed by atoms with Gasteiger partial charge in [0.15, 0.2) is 16.7 Å². The van der Waals surface area contributed by atoms with E-state index >= 15 is 0 Å². The first kappa shape index (κ1) is 15.9. The lowest BCUT2D eigenvalue weighted by molar-refractivity contribution is -0.116. The van der Waals surface area contributed by atoms with Crippen molar-refractivity contribution in [1.82, 2.24) is 4.98 Å². The number of aryl methyl sites for hydroxylation is 2. The number of nitrogens with zero attached hydrogens (tertiary/aromatic N) is 1. The molecule has 0 saturated carbocycles. The fourth-order valence-electron chi connectivity index (χ4n) is 2.56. The lowest BCUT2D eigenvalue weighted by Gasteiger charge is -2.06. The van der Waals surface area contributed by atoms with Crippen LogP contribution < -0.4 is 10.1 Å². The van der Waals surface area contributed by atoms with E-state index in [9.17, 15) is 9.18 Å². The predicted octanol–water partition coefficient (Wildman–Crippen LogP) is 3.96. The van der Waals surface area contributed by atoms with Crippen LogP contribution in [-0.4, -0.2) is 17.5 Å². The van der Waals surface area contributed by atoms with Crippen LogP contribution in [0.4, 0.5) is 9.52 Å². The maximum Gasteiger partial charge on any atom is 0.226 e. The number of carbonyl (C=O) groups is 1. The molecule has 23 heavy (non-hydrogen) atoms. The molecule has 0 unspecified atom stereocenters. The van der Waals surface area contributed by atoms with Crippen LogP contribution in [0.2, 0.25) is 0 Å². The average Bonchev–Trinajstić information content (AvgIpc) is 2.95. The molecule has 0 fully saturated rings. The Morgan fingerprint density at radius 2 is 2.13 bits per heavy atom. The second-order valence-corrected chi connectivity index (χ2v) is 6.61. The maximum absolute atomic E-state index is 13.4. The first-order valence-electron chi connectivity index (χ1n) is 7.88. The highest BCUT2D eigenvalue weighted by atomic mass is 32.1. The van der Waals surface area contributed by atoms with Crippen molar-refractivity contribution in [3.05, 3.63) is 40.7 Å². The third-order valence-corrected chi connectivity index (χ3v) is 4.81. The molecular formula is C17H19FN2O2S. The highest BCUT2D eigenvalue weighted by Gasteiger charge is 2.16. The van der Waals surface area contributed by atoms with E-state index < -0.39 is 0 Å². The second kappa shape index (κ2) is 7.55. The fourth-order valence-corrected chi connectivity index (χ4v) is 3.63. The molecule has 0 aliphatic heterocycles. The zero-order valence-electron chi connectivity index (χ0n) is 12.8. The zero-order chi connectivity index (χ0) is 16.1. The summed E-state index contributed by atoms with van der Waals surface area (Å²) in [6, 6.07) is 6.26. The van der Waals surface area contributed by atoms with Crippen LogP contribution in [0.1, 0.15) is 36.3 Å². The van der Waals surface area contributed by atoms with Gasteiger partial charge < -0.3 is 10.1 Å². The van der Waals surface area contributed by atoms with Crippen molar-refractivity contribution in [2.24, 2.45) is 0 Å². The molecule has 1 amide bonds. The summed E-state index contributed by atoms with van der Waals surface area (Å²) in [6.07, 6.45) is 5.33. The van der Waals surface area contributed by atoms with E-state index in [0.29, 0.717) is 24.6 Å². The number of thiazole rings is 1. The highest BCUT2D eigenvalue weighted by Crippen LogP contribution is 2.29. The topological polar surface area (TPSA) is 51.2 Å². The number of anilines is 1. The minimum absolute atomic E-state index is 0.0757. The Morgan fingerprint density at radius 1 is 1.30 bits per heavy atom. The quantitative estimate of drug-likeness (QED) is 0.814. The Morgan fingerprint density at radius 3 is 2.96 bits per heavy atom. The summed E-state index contributed by atoms with van der Waals surface area (Å²) in [6.45, 7) is 0.308. The number of hydrogen-bond acceptors (Lipinski definition) is 4. The first-order valence-corrected chi connectivity index (χ1v) is 8.70. The van der Waals surface area contributed by atoms with Crippen LogP contribution in [0.15, 0.2) is 24.3 Å². The van der Waals surface area contributed by atoms with Gasteiger partial charge in [0.25, 0.3) is 0 Å². The molecule has 2 aromatic rings. The largest absolute Gasteiger partial charge is 0.491 e. The molecule has 0 saturated heterocycles. The van der Waals surface area contributed by atoms with Gasteiger partial charge in [-0.15, -0.1) is 11.3 Å². The van der Waals surface area contributed by atoms with Crippen molar-refractivity contribution in [1.29, 1.82) is 0 Å². The Labute approximate surface area is 138 Å². The van der Waals surface area contributed by atoms with Crippen LogP contribution in [0, 0.1) is 5.82 Å². The maximum atomic E-state index is 13.4. The molecular weight excluding hydrogens is 315 g/mol. The highest BCUT2D eigenvalue weighted by molar-refractivity contribution is 7.15. The summed E-state index contributed by atoms with van der Waals surface area (Å²) >= 11 is 1.58. The van der Waals surface area contributed by atoms with Crippen LogP contribution in [0.25, 0.3) is 0 Å². The van der Waals surface area contributed by atoms with Crippen molar-refractivity contribution in [3.63, 3.8) is 0 Å². The van der Waals surface area contributed by atoms with Crippen LogP contribution in [0.5, 0.6) is 5.75 Å². The fraction of sp³-hybridized carbons (Fsp3) is 0.412. The number of nitrogens with one attached hydrogen (secondary N) is 1. The molecule has 4 nitrogen and oxygen atoms in total. The van der Waals surface area contributed by atoms with Gasteiger partial charge in [0.1, 0.15) is 0 Å². The number of rotatable bonds is 6. The minimum Gasteiger partial charge on any atom is -0.491 e. The Hall–Kier alpha value is -1.95. The number of hydrogen-bond donors (Lipinski definition) is 1. The zero-order valence-corrected chi connectivity index (χ0v) is 13.6. The van der Waals surface area contributed by atoms with E-state index in [4.69, 9.17) is 4.74 Å². The molecule has 1 aliphatic carbocycles. The minimum atomic E-state index is -0.384. The summed E-state index contributed by atoms with van der Waals surface area (Å²) in [7, 11) is 0. The van der Waals surface area contributed by atoms with Gasteiger partial charge in [-0.1, -0.05) is 12.1 Å². The monoisotopic (exact) mass is 334 g/mol. The molecule has 6 heteroatoms. The van der Waals surface area contributed by atoms with Crippen molar-refractivity contribution in [2.45, 2.75) is 38.5 Å². The number of benzene rings is 1. The molecule has 0 bridgehead atoms. The smallest absolute Gasteiger partial charge is 0.226 e. The Kier molecular flexibility index (Phi) is 5.23. The third kappa shape index (κ3) is 4.28. The standard InChI is InChI=1S/C17H19FN2O2S/c18-12-6-1-3-8-14(12)22-11-5-10-16(21)20-17-19-13-7-2-4-9-15(13)23-17/h1,3,6,8H,2,4-5,7,9-11H2,(H,19,20,21). The molecule has 0 radical (unpaired) electrons. The normalized spacial score (nSPS) is 13.4. The van der Waals surface area contributed by atoms with E-state index in [0.717, 1.165) is 18.5 Å². The summed E-state index contributed by atoms with van der Waals surface area (Å²) in [5.74, 6) is -0.237. The van der Waals surface area contributed by atoms with Crippen LogP contribution in [0.3, 0.4) is 0 Å². The summed E-state index contributed by atoms with van der Waals surface area (Å²) in [4.78, 5) is 17.7. The van der Waals surface area contributed by atoms with Gasteiger partial charge in [-0.05, 0) is 44.2 Å². The van der Waals surface area contributed by atoms with E-state index in [-0.39, 0.29) is 17.5 Å². The van der Waals surface area contributed by atoms with Crippen LogP contribution >= 0.6 is 11.3 Å². The number of ether oxygens (including phenoxy) is 1. The predicted molar refractivity (Wildman–Crippen MR) is 88.5 cm³/mol. The number of carbonyl (C=O) groups excluding carboxylic acids is 1. The van der Waals surface area contributed by atoms with Crippen LogP contribution in [-0.2, 0) is 17.6 Å². The molecule has 3 rings (SSSR count). The van der Waals surface area contributed by atoms with E-state index in [1.165, 1.54) is 23.8 Å². The van der Waals surface area contributed by atoms with Gasteiger partial charge >= 0.3 is 0 Å². The molecule has 1 heterocycles. The molecule has 1 N–H and O–H groups in total. The van der Waals surface area contributed by atoms with Crippen molar-refractivity contribution < 1.29 is 13.9 Å². The average molecular weight is 334 g/mol. The van der Waals surface area contributed by atoms with Gasteiger partial charge in [-0.25, -0.2) is 9.37 Å². The van der Waals surface area contributed by atoms with E-state index in [1.54, 1.807) is 29.5 Å². The number of para-hydroxylation sites is 1. The SMILES string of the molecule is O=C(CCCOc1ccccc1F)Nc1nc2c(s1)CCCC2. The van der Waals surface area contributed by atoms with Crippen molar-refractivity contribution >= 4 is 22.4 Å². The molecule has 0 spiro atoms. The van der Waals surface area contributed by atoms with E-state index in [1.807, 2.05) is 0 Å². The Balaban J connectivity index is 1.41. The van der Waals surface area contributed by atoms with Crippen molar-refractivity contribution in [2.75, 3.05) is 11.9 Å². The summed E-state index contributed by atoms with van der Waals surface area (Å²) in [5, 5.41) is 3.54. The Bertz CT molecular complexity index is 663. The summed E-state index contributed by atoms with van der Waals surface area (Å²) in [5.41, 5.74) is 1.14. The third-order valence-electron chi connectivity index (χ3n) is 3.73. The molecule has 1 aromatic heterocycles. The van der Waals surface area contributed by atoms with Gasteiger partial charge in [0.05, 0.1) is 12.3 Å². The number of aromatic nitrogens is 1. The number of fused-ring (bicyclic) bond motifs is 1. The van der Waals surface area contributed by atoms with Gasteiger partial charge in [-0.3, -0.25) is 4.79 Å². The number of amides is 1. The lowest BCUT2D eigenvalue weighted by Crippen LogP contribution is -2.12. The molecule has 1 aliphatic rings. The first-order chi connectivity index (χ1) is 11.2. The van der Waals surface area contributed by atoms with Gasteiger partial charge in [-0.2, -0.15) is 0 Å².